The van der Waals surface area contributed by atoms with Crippen LogP contribution in [0.3, 0.4) is 0 Å². The molecule has 1 N–H and O–H groups in total. The van der Waals surface area contributed by atoms with E-state index >= 15 is 0 Å². The van der Waals surface area contributed by atoms with Crippen LogP contribution in [0.15, 0.2) is 12.1 Å². The fourth-order valence-electron chi connectivity index (χ4n) is 1.47. The van der Waals surface area contributed by atoms with Gasteiger partial charge in [-0.25, -0.2) is 8.78 Å². The van der Waals surface area contributed by atoms with E-state index < -0.39 is 17.7 Å². The minimum atomic E-state index is -0.985. The predicted molar refractivity (Wildman–Crippen MR) is 60.4 cm³/mol. The summed E-state index contributed by atoms with van der Waals surface area (Å²) < 4.78 is 26.6. The van der Waals surface area contributed by atoms with E-state index in [1.54, 1.807) is 0 Å². The molecule has 4 heteroatoms. The highest BCUT2D eigenvalue weighted by Crippen LogP contribution is 2.28. The maximum absolute atomic E-state index is 13.4. The van der Waals surface area contributed by atoms with Crippen molar-refractivity contribution < 1.29 is 13.9 Å². The van der Waals surface area contributed by atoms with Crippen molar-refractivity contribution in [2.75, 3.05) is 0 Å². The Balaban J connectivity index is 2.91. The maximum Gasteiger partial charge on any atom is 0.142 e. The second-order valence-corrected chi connectivity index (χ2v) is 4.46. The molecule has 1 nitrogen and oxygen atoms in total. The predicted octanol–water partition coefficient (Wildman–Crippen LogP) is 4.09. The van der Waals surface area contributed by atoms with Crippen LogP contribution in [-0.4, -0.2) is 5.11 Å². The van der Waals surface area contributed by atoms with Crippen molar-refractivity contribution in [1.29, 1.82) is 0 Å². The lowest BCUT2D eigenvalue weighted by Gasteiger charge is -2.16. The van der Waals surface area contributed by atoms with E-state index in [4.69, 9.17) is 11.6 Å². The summed E-state index contributed by atoms with van der Waals surface area (Å²) >= 11 is 5.43. The molecule has 0 saturated heterocycles. The first-order valence-corrected chi connectivity index (χ1v) is 5.66. The third kappa shape index (κ3) is 3.16. The number of hydrogen-bond donors (Lipinski definition) is 1. The van der Waals surface area contributed by atoms with Gasteiger partial charge in [0.1, 0.15) is 11.6 Å². The zero-order chi connectivity index (χ0) is 12.3. The Hall–Kier alpha value is -0.670. The zero-order valence-electron chi connectivity index (χ0n) is 9.30. The fraction of sp³-hybridized carbons (Fsp3) is 0.500. The summed E-state index contributed by atoms with van der Waals surface area (Å²) in [6, 6.07) is 1.86. The number of aliphatic hydroxyl groups excluding tert-OH is 1. The van der Waals surface area contributed by atoms with Crippen LogP contribution >= 0.6 is 11.6 Å². The first kappa shape index (κ1) is 13.4. The molecule has 2 unspecified atom stereocenters. The van der Waals surface area contributed by atoms with Crippen LogP contribution in [0.5, 0.6) is 0 Å². The standard InChI is InChI=1S/C12H15ClF2O/c1-3-7(2)4-12(16)8-5-11(15)9(13)6-10(8)14/h5-7,12,16H,3-4H2,1-2H3. The summed E-state index contributed by atoms with van der Waals surface area (Å²) in [4.78, 5) is 0. The lowest BCUT2D eigenvalue weighted by molar-refractivity contribution is 0.142. The topological polar surface area (TPSA) is 20.2 Å². The second kappa shape index (κ2) is 5.60. The first-order chi connectivity index (χ1) is 7.45. The average Bonchev–Trinajstić information content (AvgIpc) is 2.23. The van der Waals surface area contributed by atoms with E-state index in [1.807, 2.05) is 13.8 Å². The van der Waals surface area contributed by atoms with Gasteiger partial charge in [0.15, 0.2) is 0 Å². The van der Waals surface area contributed by atoms with Gasteiger partial charge in [-0.2, -0.15) is 0 Å². The summed E-state index contributed by atoms with van der Waals surface area (Å²) in [5.74, 6) is -1.11. The zero-order valence-corrected chi connectivity index (χ0v) is 10.1. The van der Waals surface area contributed by atoms with Crippen LogP contribution in [0.2, 0.25) is 5.02 Å². The minimum absolute atomic E-state index is 0.0257. The summed E-state index contributed by atoms with van der Waals surface area (Å²) in [6.45, 7) is 3.93. The van der Waals surface area contributed by atoms with Crippen molar-refractivity contribution in [3.8, 4) is 0 Å². The van der Waals surface area contributed by atoms with Gasteiger partial charge in [0.25, 0.3) is 0 Å². The van der Waals surface area contributed by atoms with Crippen LogP contribution in [0.25, 0.3) is 0 Å². The lowest BCUT2D eigenvalue weighted by Crippen LogP contribution is -2.06. The molecule has 0 radical (unpaired) electrons. The minimum Gasteiger partial charge on any atom is -0.388 e. The Bertz CT molecular complexity index is 368. The van der Waals surface area contributed by atoms with Gasteiger partial charge in [-0.15, -0.1) is 0 Å². The summed E-state index contributed by atoms with van der Waals surface area (Å²) in [5.41, 5.74) is -0.0257. The molecule has 0 aliphatic rings. The van der Waals surface area contributed by atoms with Crippen LogP contribution in [0, 0.1) is 17.6 Å². The Morgan fingerprint density at radius 2 is 1.94 bits per heavy atom. The SMILES string of the molecule is CCC(C)CC(O)c1cc(F)c(Cl)cc1F. The van der Waals surface area contributed by atoms with Crippen LogP contribution in [0.1, 0.15) is 38.4 Å². The van der Waals surface area contributed by atoms with Crippen LogP contribution in [-0.2, 0) is 0 Å². The molecule has 0 heterocycles. The first-order valence-electron chi connectivity index (χ1n) is 5.28. The smallest absolute Gasteiger partial charge is 0.142 e. The average molecular weight is 249 g/mol. The van der Waals surface area contributed by atoms with E-state index in [-0.39, 0.29) is 16.5 Å². The molecule has 0 fully saturated rings. The molecule has 90 valence electrons. The number of hydrogen-bond acceptors (Lipinski definition) is 1. The van der Waals surface area contributed by atoms with Gasteiger partial charge in [-0.1, -0.05) is 31.9 Å². The molecule has 0 aliphatic heterocycles. The summed E-state index contributed by atoms with van der Waals surface area (Å²) in [7, 11) is 0. The van der Waals surface area contributed by atoms with Gasteiger partial charge in [-0.05, 0) is 24.5 Å². The van der Waals surface area contributed by atoms with Gasteiger partial charge >= 0.3 is 0 Å². The molecule has 1 rings (SSSR count). The van der Waals surface area contributed by atoms with Gasteiger partial charge in [0, 0.05) is 5.56 Å². The van der Waals surface area contributed by atoms with Crippen molar-refractivity contribution in [3.05, 3.63) is 34.4 Å². The summed E-state index contributed by atoms with van der Waals surface area (Å²) in [5, 5.41) is 9.50. The normalized spacial score (nSPS) is 14.9. The number of halogens is 3. The van der Waals surface area contributed by atoms with Gasteiger partial charge in [0.2, 0.25) is 0 Å². The fourth-order valence-corrected chi connectivity index (χ4v) is 1.62. The Labute approximate surface area is 99.0 Å². The molecule has 0 saturated carbocycles. The lowest BCUT2D eigenvalue weighted by atomic mass is 9.96. The van der Waals surface area contributed by atoms with Crippen molar-refractivity contribution >= 4 is 11.6 Å². The highest BCUT2D eigenvalue weighted by Gasteiger charge is 2.17. The molecule has 1 aromatic rings. The van der Waals surface area contributed by atoms with E-state index in [0.29, 0.717) is 6.42 Å². The van der Waals surface area contributed by atoms with E-state index in [1.165, 1.54) is 0 Å². The largest absolute Gasteiger partial charge is 0.388 e. The molecule has 0 amide bonds. The van der Waals surface area contributed by atoms with Crippen LogP contribution < -0.4 is 0 Å². The number of aliphatic hydroxyl groups is 1. The van der Waals surface area contributed by atoms with Crippen molar-refractivity contribution in [1.82, 2.24) is 0 Å². The highest BCUT2D eigenvalue weighted by atomic mass is 35.5. The summed E-state index contributed by atoms with van der Waals surface area (Å²) in [6.07, 6.45) is 0.310. The van der Waals surface area contributed by atoms with Gasteiger partial charge in [-0.3, -0.25) is 0 Å². The second-order valence-electron chi connectivity index (χ2n) is 4.05. The molecule has 0 spiro atoms. The molecule has 1 aromatic carbocycles. The van der Waals surface area contributed by atoms with Crippen molar-refractivity contribution in [2.24, 2.45) is 5.92 Å². The molecular formula is C12H15ClF2O. The van der Waals surface area contributed by atoms with Crippen molar-refractivity contribution in [2.45, 2.75) is 32.8 Å². The molecular weight excluding hydrogens is 234 g/mol. The van der Waals surface area contributed by atoms with E-state index in [2.05, 4.69) is 0 Å². The molecule has 0 bridgehead atoms. The molecule has 16 heavy (non-hydrogen) atoms. The van der Waals surface area contributed by atoms with Gasteiger partial charge < -0.3 is 5.11 Å². The molecule has 2 atom stereocenters. The molecule has 0 aliphatic carbocycles. The third-order valence-electron chi connectivity index (χ3n) is 2.72. The Morgan fingerprint density at radius 1 is 1.31 bits per heavy atom. The molecule has 0 aromatic heterocycles. The van der Waals surface area contributed by atoms with E-state index in [9.17, 15) is 13.9 Å². The van der Waals surface area contributed by atoms with E-state index in [0.717, 1.165) is 18.6 Å². The van der Waals surface area contributed by atoms with Crippen molar-refractivity contribution in [3.63, 3.8) is 0 Å². The van der Waals surface area contributed by atoms with Gasteiger partial charge in [0.05, 0.1) is 11.1 Å². The number of benzene rings is 1. The third-order valence-corrected chi connectivity index (χ3v) is 3.01. The number of rotatable bonds is 4. The quantitative estimate of drug-likeness (QED) is 0.796. The Kier molecular flexibility index (Phi) is 4.69. The van der Waals surface area contributed by atoms with Crippen LogP contribution in [0.4, 0.5) is 8.78 Å². The monoisotopic (exact) mass is 248 g/mol. The maximum atomic E-state index is 13.4. The highest BCUT2D eigenvalue weighted by molar-refractivity contribution is 6.30. The Morgan fingerprint density at radius 3 is 2.50 bits per heavy atom.